The Labute approximate surface area is 144 Å². The molecule has 1 fully saturated rings. The number of benzene rings is 2. The molecule has 3 heteroatoms. The van der Waals surface area contributed by atoms with Crippen LogP contribution in [0.25, 0.3) is 11.1 Å². The third kappa shape index (κ3) is 4.22. The van der Waals surface area contributed by atoms with Crippen LogP contribution >= 0.6 is 0 Å². The fourth-order valence-corrected chi connectivity index (χ4v) is 3.48. The van der Waals surface area contributed by atoms with E-state index in [4.69, 9.17) is 0 Å². The van der Waals surface area contributed by atoms with Gasteiger partial charge in [-0.25, -0.2) is 4.39 Å². The maximum atomic E-state index is 14.2. The Morgan fingerprint density at radius 2 is 1.54 bits per heavy atom. The minimum absolute atomic E-state index is 0.123. The Morgan fingerprint density at radius 1 is 0.917 bits per heavy atom. The first-order valence-electron chi connectivity index (χ1n) is 8.92. The Kier molecular flexibility index (Phi) is 5.64. The standard InChI is InChI=1S/C21H27FN2/c1-15-3-5-16(6-4-15)17-7-12-21(22)18(13-17)14-24-20-10-8-19(23-2)9-11-20/h3-7,12-13,19-20,23-24H,8-11,14H2,1-2H3. The first-order valence-corrected chi connectivity index (χ1v) is 8.92. The van der Waals surface area contributed by atoms with E-state index in [1.165, 1.54) is 18.4 Å². The first-order chi connectivity index (χ1) is 11.7. The molecular formula is C21H27FN2. The summed E-state index contributed by atoms with van der Waals surface area (Å²) in [6, 6.07) is 14.9. The molecule has 0 radical (unpaired) electrons. The van der Waals surface area contributed by atoms with E-state index in [2.05, 4.69) is 41.8 Å². The molecule has 1 aliphatic carbocycles. The second-order valence-corrected chi connectivity index (χ2v) is 6.89. The van der Waals surface area contributed by atoms with Crippen LogP contribution in [0.5, 0.6) is 0 Å². The number of halogens is 1. The summed E-state index contributed by atoms with van der Waals surface area (Å²) in [5.74, 6) is -0.123. The number of rotatable bonds is 5. The zero-order valence-corrected chi connectivity index (χ0v) is 14.6. The molecule has 0 bridgehead atoms. The number of hydrogen-bond donors (Lipinski definition) is 2. The zero-order chi connectivity index (χ0) is 16.9. The van der Waals surface area contributed by atoms with Crippen molar-refractivity contribution in [3.63, 3.8) is 0 Å². The van der Waals surface area contributed by atoms with Gasteiger partial charge in [0, 0.05) is 24.2 Å². The van der Waals surface area contributed by atoms with Crippen molar-refractivity contribution >= 4 is 0 Å². The summed E-state index contributed by atoms with van der Waals surface area (Å²) in [6.07, 6.45) is 4.70. The molecule has 24 heavy (non-hydrogen) atoms. The van der Waals surface area contributed by atoms with Gasteiger partial charge in [-0.3, -0.25) is 0 Å². The fraction of sp³-hybridized carbons (Fsp3) is 0.429. The van der Waals surface area contributed by atoms with Gasteiger partial charge in [-0.05, 0) is 62.9 Å². The van der Waals surface area contributed by atoms with Crippen LogP contribution in [-0.4, -0.2) is 19.1 Å². The van der Waals surface area contributed by atoms with Gasteiger partial charge in [-0.2, -0.15) is 0 Å². The van der Waals surface area contributed by atoms with Crippen LogP contribution in [0.4, 0.5) is 4.39 Å². The SMILES string of the molecule is CNC1CCC(NCc2cc(-c3ccc(C)cc3)ccc2F)CC1. The van der Waals surface area contributed by atoms with Crippen molar-refractivity contribution in [2.45, 2.75) is 51.2 Å². The van der Waals surface area contributed by atoms with Crippen LogP contribution in [0.15, 0.2) is 42.5 Å². The molecule has 2 nitrogen and oxygen atoms in total. The maximum Gasteiger partial charge on any atom is 0.127 e. The molecule has 1 aliphatic rings. The van der Waals surface area contributed by atoms with Crippen LogP contribution in [0, 0.1) is 12.7 Å². The van der Waals surface area contributed by atoms with Gasteiger partial charge in [0.15, 0.2) is 0 Å². The molecule has 2 N–H and O–H groups in total. The summed E-state index contributed by atoms with van der Waals surface area (Å²) in [5, 5.41) is 6.89. The molecule has 1 saturated carbocycles. The van der Waals surface area contributed by atoms with E-state index >= 15 is 0 Å². The van der Waals surface area contributed by atoms with Crippen molar-refractivity contribution < 1.29 is 4.39 Å². The average molecular weight is 326 g/mol. The molecule has 0 aromatic heterocycles. The number of nitrogens with one attached hydrogen (secondary N) is 2. The van der Waals surface area contributed by atoms with Crippen LogP contribution in [-0.2, 0) is 6.54 Å². The van der Waals surface area contributed by atoms with E-state index < -0.39 is 0 Å². The number of hydrogen-bond acceptors (Lipinski definition) is 2. The predicted molar refractivity (Wildman–Crippen MR) is 98.5 cm³/mol. The average Bonchev–Trinajstić information content (AvgIpc) is 2.62. The minimum atomic E-state index is -0.123. The summed E-state index contributed by atoms with van der Waals surface area (Å²) in [6.45, 7) is 2.67. The molecule has 0 saturated heterocycles. The predicted octanol–water partition coefficient (Wildman–Crippen LogP) is 4.42. The second-order valence-electron chi connectivity index (χ2n) is 6.89. The quantitative estimate of drug-likeness (QED) is 0.850. The van der Waals surface area contributed by atoms with Crippen LogP contribution < -0.4 is 10.6 Å². The molecule has 3 rings (SSSR count). The summed E-state index contributed by atoms with van der Waals surface area (Å²) in [5.41, 5.74) is 4.20. The fourth-order valence-electron chi connectivity index (χ4n) is 3.48. The van der Waals surface area contributed by atoms with Crippen molar-refractivity contribution in [1.29, 1.82) is 0 Å². The largest absolute Gasteiger partial charge is 0.317 e. The van der Waals surface area contributed by atoms with E-state index in [0.29, 0.717) is 18.6 Å². The Morgan fingerprint density at radius 3 is 2.21 bits per heavy atom. The topological polar surface area (TPSA) is 24.1 Å². The van der Waals surface area contributed by atoms with Gasteiger partial charge in [-0.1, -0.05) is 35.9 Å². The lowest BCUT2D eigenvalue weighted by Gasteiger charge is -2.29. The minimum Gasteiger partial charge on any atom is -0.317 e. The lowest BCUT2D eigenvalue weighted by molar-refractivity contribution is 0.316. The molecule has 2 aromatic rings. The highest BCUT2D eigenvalue weighted by molar-refractivity contribution is 5.64. The number of aryl methyl sites for hydroxylation is 1. The van der Waals surface area contributed by atoms with Crippen molar-refractivity contribution in [1.82, 2.24) is 10.6 Å². The molecule has 0 atom stereocenters. The summed E-state index contributed by atoms with van der Waals surface area (Å²) < 4.78 is 14.2. The normalized spacial score (nSPS) is 21.0. The van der Waals surface area contributed by atoms with E-state index in [0.717, 1.165) is 29.5 Å². The van der Waals surface area contributed by atoms with Crippen molar-refractivity contribution in [2.24, 2.45) is 0 Å². The van der Waals surface area contributed by atoms with Crippen molar-refractivity contribution in [2.75, 3.05) is 7.05 Å². The third-order valence-electron chi connectivity index (χ3n) is 5.15. The summed E-state index contributed by atoms with van der Waals surface area (Å²) in [7, 11) is 2.03. The van der Waals surface area contributed by atoms with Crippen LogP contribution in [0.1, 0.15) is 36.8 Å². The Balaban J connectivity index is 1.65. The van der Waals surface area contributed by atoms with Gasteiger partial charge in [0.1, 0.15) is 5.82 Å². The molecule has 0 spiro atoms. The van der Waals surface area contributed by atoms with Gasteiger partial charge in [-0.15, -0.1) is 0 Å². The van der Waals surface area contributed by atoms with Crippen LogP contribution in [0.3, 0.4) is 0 Å². The van der Waals surface area contributed by atoms with Gasteiger partial charge in [0.2, 0.25) is 0 Å². The van der Waals surface area contributed by atoms with E-state index in [1.54, 1.807) is 6.07 Å². The molecule has 0 aliphatic heterocycles. The molecule has 128 valence electrons. The Bertz CT molecular complexity index is 658. The van der Waals surface area contributed by atoms with Gasteiger partial charge in [0.25, 0.3) is 0 Å². The van der Waals surface area contributed by atoms with Crippen LogP contribution in [0.2, 0.25) is 0 Å². The summed E-state index contributed by atoms with van der Waals surface area (Å²) in [4.78, 5) is 0. The van der Waals surface area contributed by atoms with Crippen molar-refractivity contribution in [3.05, 3.63) is 59.4 Å². The third-order valence-corrected chi connectivity index (χ3v) is 5.15. The lowest BCUT2D eigenvalue weighted by atomic mass is 9.91. The summed E-state index contributed by atoms with van der Waals surface area (Å²) >= 11 is 0. The molecule has 0 unspecified atom stereocenters. The highest BCUT2D eigenvalue weighted by Gasteiger charge is 2.19. The first kappa shape index (κ1) is 17.1. The van der Waals surface area contributed by atoms with E-state index in [9.17, 15) is 4.39 Å². The molecule has 0 amide bonds. The van der Waals surface area contributed by atoms with Gasteiger partial charge < -0.3 is 10.6 Å². The lowest BCUT2D eigenvalue weighted by Crippen LogP contribution is -2.38. The second kappa shape index (κ2) is 7.91. The molecule has 0 heterocycles. The smallest absolute Gasteiger partial charge is 0.127 e. The highest BCUT2D eigenvalue weighted by atomic mass is 19.1. The molecular weight excluding hydrogens is 299 g/mol. The van der Waals surface area contributed by atoms with E-state index in [1.807, 2.05) is 19.2 Å². The monoisotopic (exact) mass is 326 g/mol. The zero-order valence-electron chi connectivity index (χ0n) is 14.6. The van der Waals surface area contributed by atoms with Gasteiger partial charge >= 0.3 is 0 Å². The van der Waals surface area contributed by atoms with Gasteiger partial charge in [0.05, 0.1) is 0 Å². The highest BCUT2D eigenvalue weighted by Crippen LogP contribution is 2.24. The van der Waals surface area contributed by atoms with Crippen molar-refractivity contribution in [3.8, 4) is 11.1 Å². The Hall–Kier alpha value is -1.71. The maximum absolute atomic E-state index is 14.2. The molecule has 2 aromatic carbocycles. The van der Waals surface area contributed by atoms with E-state index in [-0.39, 0.29) is 5.82 Å².